The van der Waals surface area contributed by atoms with E-state index in [4.69, 9.17) is 10.2 Å². The van der Waals surface area contributed by atoms with E-state index in [-0.39, 0.29) is 0 Å². The van der Waals surface area contributed by atoms with Crippen LogP contribution in [0.2, 0.25) is 0 Å². The number of hydrogen-bond acceptors (Lipinski definition) is 4. The molecule has 1 aromatic heterocycles. The number of amides is 1. The Hall–Kier alpha value is -2.67. The first-order valence-electron chi connectivity index (χ1n) is 5.85. The molecule has 0 saturated heterocycles. The highest BCUT2D eigenvalue weighted by Gasteiger charge is 2.19. The van der Waals surface area contributed by atoms with Crippen LogP contribution < -0.4 is 5.32 Å². The number of aliphatic hydroxyl groups excluding tert-OH is 1. The molecular weight excluding hydrogens is 262 g/mol. The fraction of sp³-hybridized carbons (Fsp3) is 0.154. The van der Waals surface area contributed by atoms with Gasteiger partial charge in [0.05, 0.1) is 12.8 Å². The van der Waals surface area contributed by atoms with Crippen LogP contribution in [-0.4, -0.2) is 44.9 Å². The highest BCUT2D eigenvalue weighted by Crippen LogP contribution is 2.18. The van der Waals surface area contributed by atoms with Gasteiger partial charge in [0.2, 0.25) is 0 Å². The van der Waals surface area contributed by atoms with Gasteiger partial charge < -0.3 is 15.5 Å². The van der Waals surface area contributed by atoms with Gasteiger partial charge in [0, 0.05) is 17.3 Å². The van der Waals surface area contributed by atoms with E-state index in [2.05, 4.69) is 15.5 Å². The van der Waals surface area contributed by atoms with Gasteiger partial charge in [0.15, 0.2) is 6.04 Å². The van der Waals surface area contributed by atoms with Crippen LogP contribution in [0.25, 0.3) is 11.1 Å². The molecule has 0 aliphatic carbocycles. The molecule has 20 heavy (non-hydrogen) atoms. The number of aromatic amines is 1. The lowest BCUT2D eigenvalue weighted by molar-refractivity contribution is -0.140. The van der Waals surface area contributed by atoms with Crippen LogP contribution in [0.3, 0.4) is 0 Å². The Morgan fingerprint density at radius 3 is 2.75 bits per heavy atom. The summed E-state index contributed by atoms with van der Waals surface area (Å²) in [5.41, 5.74) is 1.90. The molecule has 2 rings (SSSR count). The first-order chi connectivity index (χ1) is 9.61. The number of rotatable bonds is 5. The molecule has 1 unspecified atom stereocenters. The number of aliphatic carboxylic acids is 1. The van der Waals surface area contributed by atoms with Crippen molar-refractivity contribution in [3.05, 3.63) is 42.2 Å². The molecule has 1 heterocycles. The maximum Gasteiger partial charge on any atom is 0.328 e. The largest absolute Gasteiger partial charge is 0.480 e. The fourth-order valence-electron chi connectivity index (χ4n) is 1.68. The molecule has 2 aromatic rings. The Labute approximate surface area is 114 Å². The zero-order chi connectivity index (χ0) is 14.5. The van der Waals surface area contributed by atoms with Crippen molar-refractivity contribution in [3.8, 4) is 11.1 Å². The van der Waals surface area contributed by atoms with Gasteiger partial charge in [0.25, 0.3) is 5.91 Å². The number of carbonyl (C=O) groups excluding carboxylic acids is 1. The normalized spacial score (nSPS) is 11.8. The predicted molar refractivity (Wildman–Crippen MR) is 70.0 cm³/mol. The van der Waals surface area contributed by atoms with Gasteiger partial charge in [0.1, 0.15) is 0 Å². The fourth-order valence-corrected chi connectivity index (χ4v) is 1.68. The van der Waals surface area contributed by atoms with Crippen molar-refractivity contribution in [1.82, 2.24) is 15.5 Å². The summed E-state index contributed by atoms with van der Waals surface area (Å²) >= 11 is 0. The van der Waals surface area contributed by atoms with Crippen LogP contribution in [0.4, 0.5) is 0 Å². The number of carboxylic acids is 1. The summed E-state index contributed by atoms with van der Waals surface area (Å²) < 4.78 is 0. The molecular formula is C13H13N3O4. The van der Waals surface area contributed by atoms with E-state index in [1.54, 1.807) is 30.6 Å². The van der Waals surface area contributed by atoms with E-state index < -0.39 is 24.5 Å². The molecule has 1 amide bonds. The topological polar surface area (TPSA) is 115 Å². The van der Waals surface area contributed by atoms with Gasteiger partial charge in [-0.2, -0.15) is 5.10 Å². The second-order valence-corrected chi connectivity index (χ2v) is 4.11. The molecule has 0 fully saturated rings. The van der Waals surface area contributed by atoms with E-state index >= 15 is 0 Å². The van der Waals surface area contributed by atoms with Crippen LogP contribution >= 0.6 is 0 Å². The van der Waals surface area contributed by atoms with Crippen molar-refractivity contribution >= 4 is 11.9 Å². The van der Waals surface area contributed by atoms with Crippen molar-refractivity contribution in [1.29, 1.82) is 0 Å². The van der Waals surface area contributed by atoms with Gasteiger partial charge in [-0.25, -0.2) is 4.79 Å². The van der Waals surface area contributed by atoms with Crippen LogP contribution in [0.15, 0.2) is 36.7 Å². The Bertz CT molecular complexity index is 610. The average Bonchev–Trinajstić information content (AvgIpc) is 2.98. The molecule has 104 valence electrons. The Morgan fingerprint density at radius 2 is 2.15 bits per heavy atom. The van der Waals surface area contributed by atoms with E-state index in [0.717, 1.165) is 11.1 Å². The summed E-state index contributed by atoms with van der Waals surface area (Å²) in [6, 6.07) is 5.36. The minimum Gasteiger partial charge on any atom is -0.480 e. The molecule has 0 aliphatic heterocycles. The molecule has 0 radical (unpaired) electrons. The third kappa shape index (κ3) is 3.01. The molecule has 1 aromatic carbocycles. The van der Waals surface area contributed by atoms with Crippen molar-refractivity contribution in [3.63, 3.8) is 0 Å². The lowest BCUT2D eigenvalue weighted by atomic mass is 10.1. The summed E-state index contributed by atoms with van der Waals surface area (Å²) in [7, 11) is 0. The van der Waals surface area contributed by atoms with E-state index in [9.17, 15) is 9.59 Å². The number of H-pyrrole nitrogens is 1. The standard InChI is InChI=1S/C13H13N3O4/c17-7-11(13(19)20)16-12(18)9-3-1-2-8(4-9)10-5-14-15-6-10/h1-6,11,17H,7H2,(H,14,15)(H,16,18)(H,19,20). The minimum atomic E-state index is -1.32. The summed E-state index contributed by atoms with van der Waals surface area (Å²) in [6.45, 7) is -0.664. The second kappa shape index (κ2) is 5.98. The third-order valence-corrected chi connectivity index (χ3v) is 2.74. The third-order valence-electron chi connectivity index (χ3n) is 2.74. The van der Waals surface area contributed by atoms with Gasteiger partial charge in [-0.05, 0) is 17.7 Å². The first kappa shape index (κ1) is 13.8. The number of hydrogen-bond donors (Lipinski definition) is 4. The van der Waals surface area contributed by atoms with Crippen LogP contribution in [-0.2, 0) is 4.79 Å². The number of aromatic nitrogens is 2. The zero-order valence-electron chi connectivity index (χ0n) is 10.4. The Balaban J connectivity index is 2.19. The van der Waals surface area contributed by atoms with E-state index in [0.29, 0.717) is 5.56 Å². The second-order valence-electron chi connectivity index (χ2n) is 4.11. The van der Waals surface area contributed by atoms with Crippen LogP contribution in [0.1, 0.15) is 10.4 Å². The molecule has 0 saturated carbocycles. The number of aliphatic hydroxyl groups is 1. The molecule has 0 spiro atoms. The lowest BCUT2D eigenvalue weighted by Gasteiger charge is -2.12. The first-order valence-corrected chi connectivity index (χ1v) is 5.85. The summed E-state index contributed by atoms with van der Waals surface area (Å²) in [5.74, 6) is -1.84. The minimum absolute atomic E-state index is 0.309. The smallest absolute Gasteiger partial charge is 0.328 e. The van der Waals surface area contributed by atoms with Crippen molar-refractivity contribution in [2.45, 2.75) is 6.04 Å². The quantitative estimate of drug-likeness (QED) is 0.624. The summed E-state index contributed by atoms with van der Waals surface area (Å²) in [5, 5.41) is 26.4. The van der Waals surface area contributed by atoms with Crippen molar-refractivity contribution in [2.75, 3.05) is 6.61 Å². The highest BCUT2D eigenvalue weighted by molar-refractivity contribution is 5.97. The molecule has 0 aliphatic rings. The molecule has 4 N–H and O–H groups in total. The van der Waals surface area contributed by atoms with Crippen molar-refractivity contribution < 1.29 is 19.8 Å². The number of nitrogens with one attached hydrogen (secondary N) is 2. The monoisotopic (exact) mass is 275 g/mol. The van der Waals surface area contributed by atoms with Crippen LogP contribution in [0, 0.1) is 0 Å². The SMILES string of the molecule is O=C(NC(CO)C(=O)O)c1cccc(-c2cn[nH]c2)c1. The molecule has 7 nitrogen and oxygen atoms in total. The summed E-state index contributed by atoms with van der Waals surface area (Å²) in [4.78, 5) is 22.7. The van der Waals surface area contributed by atoms with Gasteiger partial charge in [-0.15, -0.1) is 0 Å². The number of carboxylic acid groups (broad SMARTS) is 1. The number of benzene rings is 1. The summed E-state index contributed by atoms with van der Waals surface area (Å²) in [6.07, 6.45) is 3.30. The zero-order valence-corrected chi connectivity index (χ0v) is 10.4. The Morgan fingerprint density at radius 1 is 1.35 bits per heavy atom. The van der Waals surface area contributed by atoms with Crippen LogP contribution in [0.5, 0.6) is 0 Å². The van der Waals surface area contributed by atoms with E-state index in [1.807, 2.05) is 6.07 Å². The van der Waals surface area contributed by atoms with Gasteiger partial charge in [-0.1, -0.05) is 12.1 Å². The maximum atomic E-state index is 11.9. The number of nitrogens with zero attached hydrogens (tertiary/aromatic N) is 1. The predicted octanol–water partition coefficient (Wildman–Crippen LogP) is 0.252. The molecule has 1 atom stereocenters. The highest BCUT2D eigenvalue weighted by atomic mass is 16.4. The number of carbonyl (C=O) groups is 2. The van der Waals surface area contributed by atoms with Crippen molar-refractivity contribution in [2.24, 2.45) is 0 Å². The van der Waals surface area contributed by atoms with Gasteiger partial charge in [-0.3, -0.25) is 9.89 Å². The average molecular weight is 275 g/mol. The van der Waals surface area contributed by atoms with Gasteiger partial charge >= 0.3 is 5.97 Å². The van der Waals surface area contributed by atoms with E-state index in [1.165, 1.54) is 0 Å². The molecule has 7 heteroatoms. The lowest BCUT2D eigenvalue weighted by Crippen LogP contribution is -2.43. The maximum absolute atomic E-state index is 11.9. The molecule has 0 bridgehead atoms. The Kier molecular flexibility index (Phi) is 4.11.